The van der Waals surface area contributed by atoms with Gasteiger partial charge < -0.3 is 10.1 Å². The molecule has 0 saturated heterocycles. The standard InChI is InChI=1S/C12H22N2OS/c1-12(2,3)11-9(8-13-4)16-10(14-11)6-7-15-5/h13H,6-8H2,1-5H3. The van der Waals surface area contributed by atoms with Crippen molar-refractivity contribution < 1.29 is 4.74 Å². The van der Waals surface area contributed by atoms with E-state index in [1.165, 1.54) is 15.6 Å². The molecule has 1 rings (SSSR count). The van der Waals surface area contributed by atoms with Crippen LogP contribution < -0.4 is 5.32 Å². The van der Waals surface area contributed by atoms with Crippen LogP contribution in [0, 0.1) is 0 Å². The maximum Gasteiger partial charge on any atom is 0.0954 e. The molecular formula is C12H22N2OS. The first-order chi connectivity index (χ1) is 7.49. The lowest BCUT2D eigenvalue weighted by Gasteiger charge is -2.17. The third-order valence-electron chi connectivity index (χ3n) is 2.31. The third-order valence-corrected chi connectivity index (χ3v) is 3.42. The van der Waals surface area contributed by atoms with E-state index in [2.05, 4.69) is 26.1 Å². The van der Waals surface area contributed by atoms with Gasteiger partial charge in [0.2, 0.25) is 0 Å². The molecule has 0 bridgehead atoms. The molecule has 0 radical (unpaired) electrons. The Hall–Kier alpha value is -0.450. The van der Waals surface area contributed by atoms with Crippen molar-refractivity contribution >= 4 is 11.3 Å². The zero-order valence-electron chi connectivity index (χ0n) is 10.9. The van der Waals surface area contributed by atoms with Crippen molar-refractivity contribution in [1.29, 1.82) is 0 Å². The van der Waals surface area contributed by atoms with Crippen LogP contribution >= 0.6 is 11.3 Å². The molecule has 0 atom stereocenters. The molecule has 0 unspecified atom stereocenters. The third kappa shape index (κ3) is 3.54. The molecule has 0 fully saturated rings. The van der Waals surface area contributed by atoms with Crippen molar-refractivity contribution in [3.8, 4) is 0 Å². The Balaban J connectivity index is 2.91. The van der Waals surface area contributed by atoms with Gasteiger partial charge in [0.25, 0.3) is 0 Å². The molecular weight excluding hydrogens is 220 g/mol. The number of rotatable bonds is 5. The minimum atomic E-state index is 0.119. The van der Waals surface area contributed by atoms with Crippen molar-refractivity contribution in [3.63, 3.8) is 0 Å². The summed E-state index contributed by atoms with van der Waals surface area (Å²) >= 11 is 1.80. The first-order valence-corrected chi connectivity index (χ1v) is 6.43. The SMILES string of the molecule is CNCc1sc(CCOC)nc1C(C)(C)C. The van der Waals surface area contributed by atoms with Gasteiger partial charge in [-0.2, -0.15) is 0 Å². The molecule has 92 valence electrons. The molecule has 0 aliphatic heterocycles. The Bertz CT molecular complexity index is 328. The fourth-order valence-corrected chi connectivity index (χ4v) is 2.83. The van der Waals surface area contributed by atoms with Gasteiger partial charge in [-0.1, -0.05) is 20.8 Å². The Morgan fingerprint density at radius 2 is 2.06 bits per heavy atom. The van der Waals surface area contributed by atoms with Gasteiger partial charge in [-0.15, -0.1) is 11.3 Å². The molecule has 1 aromatic rings. The summed E-state index contributed by atoms with van der Waals surface area (Å²) in [6.07, 6.45) is 0.911. The number of nitrogens with zero attached hydrogens (tertiary/aromatic N) is 1. The molecule has 0 aliphatic carbocycles. The predicted molar refractivity (Wildman–Crippen MR) is 69.2 cm³/mol. The van der Waals surface area contributed by atoms with Gasteiger partial charge in [0.1, 0.15) is 0 Å². The van der Waals surface area contributed by atoms with Gasteiger partial charge in [-0.25, -0.2) is 4.98 Å². The number of methoxy groups -OCH3 is 1. The number of nitrogens with one attached hydrogen (secondary N) is 1. The molecule has 0 aromatic carbocycles. The molecule has 1 heterocycles. The quantitative estimate of drug-likeness (QED) is 0.860. The van der Waals surface area contributed by atoms with E-state index < -0.39 is 0 Å². The topological polar surface area (TPSA) is 34.1 Å². The fourth-order valence-electron chi connectivity index (χ4n) is 1.56. The second kappa shape index (κ2) is 5.75. The number of hydrogen-bond acceptors (Lipinski definition) is 4. The summed E-state index contributed by atoms with van der Waals surface area (Å²) in [5.41, 5.74) is 1.34. The number of ether oxygens (including phenoxy) is 1. The van der Waals surface area contributed by atoms with Gasteiger partial charge in [0, 0.05) is 30.4 Å². The predicted octanol–water partition coefficient (Wildman–Crippen LogP) is 2.35. The Morgan fingerprint density at radius 3 is 2.56 bits per heavy atom. The summed E-state index contributed by atoms with van der Waals surface area (Å²) in [7, 11) is 3.70. The summed E-state index contributed by atoms with van der Waals surface area (Å²) in [6.45, 7) is 8.28. The normalized spacial score (nSPS) is 12.1. The lowest BCUT2D eigenvalue weighted by molar-refractivity contribution is 0.202. The highest BCUT2D eigenvalue weighted by Crippen LogP contribution is 2.29. The van der Waals surface area contributed by atoms with Crippen LogP contribution in [-0.2, 0) is 23.1 Å². The molecule has 1 aromatic heterocycles. The molecule has 0 saturated carbocycles. The van der Waals surface area contributed by atoms with Gasteiger partial charge in [-0.3, -0.25) is 0 Å². The van der Waals surface area contributed by atoms with Crippen LogP contribution in [-0.4, -0.2) is 25.7 Å². The van der Waals surface area contributed by atoms with E-state index in [0.29, 0.717) is 0 Å². The monoisotopic (exact) mass is 242 g/mol. The zero-order valence-corrected chi connectivity index (χ0v) is 11.7. The lowest BCUT2D eigenvalue weighted by atomic mass is 9.91. The first-order valence-electron chi connectivity index (χ1n) is 5.61. The molecule has 0 aliphatic rings. The highest BCUT2D eigenvalue weighted by molar-refractivity contribution is 7.11. The van der Waals surface area contributed by atoms with Crippen molar-refractivity contribution in [2.24, 2.45) is 0 Å². The second-order valence-corrected chi connectivity index (χ2v) is 6.07. The first kappa shape index (κ1) is 13.6. The minimum absolute atomic E-state index is 0.119. The maximum atomic E-state index is 5.09. The van der Waals surface area contributed by atoms with E-state index in [1.54, 1.807) is 18.4 Å². The fraction of sp³-hybridized carbons (Fsp3) is 0.750. The summed E-state index contributed by atoms with van der Waals surface area (Å²) in [5.74, 6) is 0. The van der Waals surface area contributed by atoms with Crippen LogP contribution in [0.25, 0.3) is 0 Å². The van der Waals surface area contributed by atoms with Crippen molar-refractivity contribution in [2.45, 2.75) is 39.2 Å². The van der Waals surface area contributed by atoms with Crippen LogP contribution in [0.1, 0.15) is 36.3 Å². The van der Waals surface area contributed by atoms with E-state index in [0.717, 1.165) is 19.6 Å². The molecule has 0 spiro atoms. The summed E-state index contributed by atoms with van der Waals surface area (Å²) in [5, 5.41) is 4.38. The Labute approximate surface area is 102 Å². The van der Waals surface area contributed by atoms with E-state index in [9.17, 15) is 0 Å². The Kier molecular flexibility index (Phi) is 4.89. The summed E-state index contributed by atoms with van der Waals surface area (Å²) in [4.78, 5) is 6.08. The minimum Gasteiger partial charge on any atom is -0.384 e. The van der Waals surface area contributed by atoms with E-state index in [-0.39, 0.29) is 5.41 Å². The summed E-state index contributed by atoms with van der Waals surface area (Å²) in [6, 6.07) is 0. The van der Waals surface area contributed by atoms with Crippen LogP contribution in [0.4, 0.5) is 0 Å². The van der Waals surface area contributed by atoms with Crippen molar-refractivity contribution in [2.75, 3.05) is 20.8 Å². The molecule has 4 heteroatoms. The Morgan fingerprint density at radius 1 is 1.38 bits per heavy atom. The lowest BCUT2D eigenvalue weighted by Crippen LogP contribution is -2.16. The highest BCUT2D eigenvalue weighted by atomic mass is 32.1. The van der Waals surface area contributed by atoms with Gasteiger partial charge in [-0.05, 0) is 7.05 Å². The molecule has 1 N–H and O–H groups in total. The van der Waals surface area contributed by atoms with Crippen LogP contribution in [0.2, 0.25) is 0 Å². The second-order valence-electron chi connectivity index (χ2n) is 4.90. The van der Waals surface area contributed by atoms with Gasteiger partial charge in [0.15, 0.2) is 0 Å². The average Bonchev–Trinajstić information content (AvgIpc) is 2.58. The van der Waals surface area contributed by atoms with E-state index in [4.69, 9.17) is 9.72 Å². The smallest absolute Gasteiger partial charge is 0.0954 e. The largest absolute Gasteiger partial charge is 0.384 e. The highest BCUT2D eigenvalue weighted by Gasteiger charge is 2.22. The van der Waals surface area contributed by atoms with E-state index in [1.807, 2.05) is 7.05 Å². The van der Waals surface area contributed by atoms with E-state index >= 15 is 0 Å². The maximum absolute atomic E-state index is 5.09. The number of hydrogen-bond donors (Lipinski definition) is 1. The molecule has 0 amide bonds. The van der Waals surface area contributed by atoms with Gasteiger partial charge in [0.05, 0.1) is 17.3 Å². The summed E-state index contributed by atoms with van der Waals surface area (Å²) < 4.78 is 5.09. The zero-order chi connectivity index (χ0) is 12.2. The van der Waals surface area contributed by atoms with Crippen molar-refractivity contribution in [1.82, 2.24) is 10.3 Å². The van der Waals surface area contributed by atoms with Crippen molar-refractivity contribution in [3.05, 3.63) is 15.6 Å². The van der Waals surface area contributed by atoms with Crippen LogP contribution in [0.5, 0.6) is 0 Å². The average molecular weight is 242 g/mol. The van der Waals surface area contributed by atoms with Crippen LogP contribution in [0.3, 0.4) is 0 Å². The number of thiazole rings is 1. The molecule has 16 heavy (non-hydrogen) atoms. The van der Waals surface area contributed by atoms with Gasteiger partial charge >= 0.3 is 0 Å². The number of aromatic nitrogens is 1. The van der Waals surface area contributed by atoms with Crippen LogP contribution in [0.15, 0.2) is 0 Å². The molecule has 3 nitrogen and oxygen atoms in total.